The average molecular weight is 330 g/mol. The van der Waals surface area contributed by atoms with Crippen LogP contribution < -0.4 is 11.1 Å². The number of nitrogens with two attached hydrogens (primary N) is 1. The summed E-state index contributed by atoms with van der Waals surface area (Å²) in [6, 6.07) is 1.54. The molecule has 0 aromatic heterocycles. The van der Waals surface area contributed by atoms with Gasteiger partial charge in [0.2, 0.25) is 0 Å². The fraction of sp³-hybridized carbons (Fsp3) is 0.500. The highest BCUT2D eigenvalue weighted by atomic mass is 35.5. The molecule has 1 aromatic rings. The van der Waals surface area contributed by atoms with Crippen molar-refractivity contribution in [3.8, 4) is 5.75 Å². The van der Waals surface area contributed by atoms with Crippen molar-refractivity contribution in [3.63, 3.8) is 0 Å². The van der Waals surface area contributed by atoms with E-state index in [-0.39, 0.29) is 41.8 Å². The van der Waals surface area contributed by atoms with Gasteiger partial charge in [0.25, 0.3) is 0 Å². The Morgan fingerprint density at radius 2 is 1.90 bits per heavy atom. The van der Waals surface area contributed by atoms with Gasteiger partial charge in [0.1, 0.15) is 18.2 Å². The Hall–Kier alpha value is -0.820. The van der Waals surface area contributed by atoms with Crippen LogP contribution in [0.3, 0.4) is 0 Å². The number of piperazine rings is 1. The molecule has 1 aromatic carbocycles. The SMILES string of the molecule is Cl.Cl.Nc1cc(F)cc([C@@H](CF)N2CCNCC2)c1O. The van der Waals surface area contributed by atoms with E-state index in [1.165, 1.54) is 0 Å². The quantitative estimate of drug-likeness (QED) is 0.585. The lowest BCUT2D eigenvalue weighted by Crippen LogP contribution is -2.45. The van der Waals surface area contributed by atoms with Gasteiger partial charge in [-0.25, -0.2) is 8.78 Å². The molecule has 4 N–H and O–H groups in total. The second-order valence-corrected chi connectivity index (χ2v) is 4.39. The van der Waals surface area contributed by atoms with Crippen molar-refractivity contribution in [3.05, 3.63) is 23.5 Å². The molecular weight excluding hydrogens is 311 g/mol. The lowest BCUT2D eigenvalue weighted by atomic mass is 10.0. The smallest absolute Gasteiger partial charge is 0.143 e. The van der Waals surface area contributed by atoms with E-state index in [2.05, 4.69) is 5.32 Å². The van der Waals surface area contributed by atoms with Gasteiger partial charge in [-0.2, -0.15) is 0 Å². The summed E-state index contributed by atoms with van der Waals surface area (Å²) >= 11 is 0. The van der Waals surface area contributed by atoms with Crippen molar-refractivity contribution >= 4 is 30.5 Å². The van der Waals surface area contributed by atoms with Crippen LogP contribution in [0.25, 0.3) is 0 Å². The molecule has 0 unspecified atom stereocenters. The predicted octanol–water partition coefficient (Wildman–Crippen LogP) is 1.87. The minimum absolute atomic E-state index is 0. The van der Waals surface area contributed by atoms with Crippen molar-refractivity contribution in [2.45, 2.75) is 6.04 Å². The molecule has 0 amide bonds. The minimum Gasteiger partial charge on any atom is -0.505 e. The summed E-state index contributed by atoms with van der Waals surface area (Å²) in [4.78, 5) is 1.88. The van der Waals surface area contributed by atoms with Crippen LogP contribution in [0, 0.1) is 5.82 Å². The lowest BCUT2D eigenvalue weighted by molar-refractivity contribution is 0.145. The zero-order chi connectivity index (χ0) is 13.1. The van der Waals surface area contributed by atoms with E-state index in [1.54, 1.807) is 0 Å². The van der Waals surface area contributed by atoms with Gasteiger partial charge in [0, 0.05) is 37.8 Å². The molecule has 20 heavy (non-hydrogen) atoms. The van der Waals surface area contributed by atoms with Crippen molar-refractivity contribution in [2.75, 3.05) is 38.6 Å². The number of alkyl halides is 1. The summed E-state index contributed by atoms with van der Waals surface area (Å²) in [5, 5.41) is 13.0. The van der Waals surface area contributed by atoms with Gasteiger partial charge in [0.15, 0.2) is 0 Å². The zero-order valence-electron chi connectivity index (χ0n) is 10.8. The molecule has 0 spiro atoms. The van der Waals surface area contributed by atoms with E-state index in [1.807, 2.05) is 4.90 Å². The Bertz CT molecular complexity index is 431. The molecule has 4 nitrogen and oxygen atoms in total. The molecule has 0 radical (unpaired) electrons. The summed E-state index contributed by atoms with van der Waals surface area (Å²) in [6.45, 7) is 2.13. The van der Waals surface area contributed by atoms with Gasteiger partial charge in [0.05, 0.1) is 11.7 Å². The Labute approximate surface area is 129 Å². The number of halogens is 4. The Morgan fingerprint density at radius 1 is 1.30 bits per heavy atom. The van der Waals surface area contributed by atoms with Gasteiger partial charge in [-0.1, -0.05) is 0 Å². The molecule has 0 bridgehead atoms. The van der Waals surface area contributed by atoms with E-state index in [9.17, 15) is 13.9 Å². The van der Waals surface area contributed by atoms with Gasteiger partial charge in [-0.3, -0.25) is 4.90 Å². The maximum atomic E-state index is 13.3. The summed E-state index contributed by atoms with van der Waals surface area (Å²) in [5.74, 6) is -0.786. The number of aromatic hydroxyl groups is 1. The molecule has 0 aliphatic carbocycles. The van der Waals surface area contributed by atoms with Gasteiger partial charge >= 0.3 is 0 Å². The molecule has 116 valence electrons. The highest BCUT2D eigenvalue weighted by molar-refractivity contribution is 5.85. The fourth-order valence-corrected chi connectivity index (χ4v) is 2.27. The molecule has 1 heterocycles. The Kier molecular flexibility index (Phi) is 8.12. The molecule has 2 rings (SSSR count). The first kappa shape index (κ1) is 19.2. The molecule has 0 saturated carbocycles. The normalized spacial score (nSPS) is 16.9. The van der Waals surface area contributed by atoms with Crippen LogP contribution in [0.5, 0.6) is 5.75 Å². The van der Waals surface area contributed by atoms with Crippen LogP contribution in [0.4, 0.5) is 14.5 Å². The van der Waals surface area contributed by atoms with Gasteiger partial charge < -0.3 is 16.2 Å². The number of hydrogen-bond acceptors (Lipinski definition) is 4. The zero-order valence-corrected chi connectivity index (χ0v) is 12.4. The average Bonchev–Trinajstić information content (AvgIpc) is 2.37. The Morgan fingerprint density at radius 3 is 2.45 bits per heavy atom. The molecule has 1 aliphatic heterocycles. The van der Waals surface area contributed by atoms with E-state index < -0.39 is 18.5 Å². The molecule has 1 fully saturated rings. The number of nitrogens with one attached hydrogen (secondary N) is 1. The summed E-state index contributed by atoms with van der Waals surface area (Å²) < 4.78 is 26.6. The number of hydrogen-bond donors (Lipinski definition) is 3. The summed E-state index contributed by atoms with van der Waals surface area (Å²) in [5.41, 5.74) is 5.66. The van der Waals surface area contributed by atoms with Crippen molar-refractivity contribution in [1.82, 2.24) is 10.2 Å². The standard InChI is InChI=1S/C12H17F2N3O.2ClH/c13-7-11(17-3-1-16-2-4-17)9-5-8(14)6-10(15)12(9)18;;/h5-6,11,16,18H,1-4,7,15H2;2*1H/t11-;;/m1../s1. The number of benzene rings is 1. The van der Waals surface area contributed by atoms with E-state index >= 15 is 0 Å². The van der Waals surface area contributed by atoms with Crippen molar-refractivity contribution < 1.29 is 13.9 Å². The van der Waals surface area contributed by atoms with E-state index in [0.717, 1.165) is 25.2 Å². The first-order valence-corrected chi connectivity index (χ1v) is 5.92. The number of nitrogens with zero attached hydrogens (tertiary/aromatic N) is 1. The lowest BCUT2D eigenvalue weighted by Gasteiger charge is -2.34. The van der Waals surface area contributed by atoms with Gasteiger partial charge in [-0.15, -0.1) is 24.8 Å². The first-order valence-electron chi connectivity index (χ1n) is 5.92. The topological polar surface area (TPSA) is 61.5 Å². The summed E-state index contributed by atoms with van der Waals surface area (Å²) in [7, 11) is 0. The third-order valence-corrected chi connectivity index (χ3v) is 3.23. The van der Waals surface area contributed by atoms with Crippen LogP contribution in [0.15, 0.2) is 12.1 Å². The highest BCUT2D eigenvalue weighted by Crippen LogP contribution is 2.34. The number of phenols is 1. The third-order valence-electron chi connectivity index (χ3n) is 3.23. The second-order valence-electron chi connectivity index (χ2n) is 4.39. The largest absolute Gasteiger partial charge is 0.505 e. The van der Waals surface area contributed by atoms with Gasteiger partial charge in [-0.05, 0) is 6.07 Å². The molecular formula is C12H19Cl2F2N3O. The second kappa shape index (κ2) is 8.46. The monoisotopic (exact) mass is 329 g/mol. The van der Waals surface area contributed by atoms with Crippen LogP contribution in [-0.4, -0.2) is 42.9 Å². The van der Waals surface area contributed by atoms with Crippen molar-refractivity contribution in [1.29, 1.82) is 0 Å². The maximum absolute atomic E-state index is 13.3. The van der Waals surface area contributed by atoms with E-state index in [4.69, 9.17) is 5.73 Å². The minimum atomic E-state index is -0.684. The summed E-state index contributed by atoms with van der Waals surface area (Å²) in [6.07, 6.45) is 0. The van der Waals surface area contributed by atoms with Crippen LogP contribution in [0.1, 0.15) is 11.6 Å². The first-order chi connectivity index (χ1) is 8.63. The Balaban J connectivity index is 0.00000180. The number of rotatable bonds is 3. The number of anilines is 1. The predicted molar refractivity (Wildman–Crippen MR) is 80.1 cm³/mol. The van der Waals surface area contributed by atoms with Crippen LogP contribution in [0.2, 0.25) is 0 Å². The molecule has 1 aliphatic rings. The number of nitrogen functional groups attached to an aromatic ring is 1. The highest BCUT2D eigenvalue weighted by Gasteiger charge is 2.25. The van der Waals surface area contributed by atoms with Crippen LogP contribution in [-0.2, 0) is 0 Å². The maximum Gasteiger partial charge on any atom is 0.143 e. The molecule has 8 heteroatoms. The molecule has 1 atom stereocenters. The van der Waals surface area contributed by atoms with E-state index in [0.29, 0.717) is 13.1 Å². The number of phenolic OH excluding ortho intramolecular Hbond substituents is 1. The fourth-order valence-electron chi connectivity index (χ4n) is 2.27. The van der Waals surface area contributed by atoms with Crippen LogP contribution >= 0.6 is 24.8 Å². The van der Waals surface area contributed by atoms with Crippen molar-refractivity contribution in [2.24, 2.45) is 0 Å². The molecule has 1 saturated heterocycles. The third kappa shape index (κ3) is 4.09.